The van der Waals surface area contributed by atoms with Crippen LogP contribution >= 0.6 is 11.3 Å². The van der Waals surface area contributed by atoms with Crippen molar-refractivity contribution in [3.8, 4) is 0 Å². The number of carbonyl (C=O) groups is 1. The van der Waals surface area contributed by atoms with Crippen molar-refractivity contribution in [1.29, 1.82) is 0 Å². The number of hydrogen-bond donors (Lipinski definition) is 1. The Labute approximate surface area is 113 Å². The summed E-state index contributed by atoms with van der Waals surface area (Å²) >= 11 is 1.59. The molecular formula is C12H14N4O2S. The number of thiophene rings is 1. The molecule has 0 aliphatic carbocycles. The van der Waals surface area contributed by atoms with E-state index < -0.39 is 0 Å². The van der Waals surface area contributed by atoms with Crippen LogP contribution in [0.4, 0.5) is 0 Å². The first-order valence-corrected chi connectivity index (χ1v) is 7.06. The van der Waals surface area contributed by atoms with Gasteiger partial charge in [0, 0.05) is 30.9 Å². The highest BCUT2D eigenvalue weighted by Gasteiger charge is 2.20. The number of hydrogen-bond acceptors (Lipinski definition) is 4. The molecule has 3 rings (SSSR count). The average Bonchev–Trinajstić information content (AvgIpc) is 2.95. The van der Waals surface area contributed by atoms with E-state index in [4.69, 9.17) is 0 Å². The van der Waals surface area contributed by atoms with Crippen molar-refractivity contribution in [2.24, 2.45) is 0 Å². The number of aromatic nitrogens is 3. The van der Waals surface area contributed by atoms with Crippen LogP contribution in [-0.4, -0.2) is 38.7 Å². The molecule has 0 saturated heterocycles. The summed E-state index contributed by atoms with van der Waals surface area (Å²) in [5.41, 5.74) is -0.192. The normalized spacial score (nSPS) is 15.1. The Morgan fingerprint density at radius 3 is 3.11 bits per heavy atom. The van der Waals surface area contributed by atoms with Crippen LogP contribution < -0.4 is 5.69 Å². The number of fused-ring (bicyclic) bond motifs is 1. The summed E-state index contributed by atoms with van der Waals surface area (Å²) < 4.78 is 1.61. The predicted molar refractivity (Wildman–Crippen MR) is 71.2 cm³/mol. The van der Waals surface area contributed by atoms with E-state index in [9.17, 15) is 9.59 Å². The first kappa shape index (κ1) is 12.2. The fourth-order valence-corrected chi connectivity index (χ4v) is 2.96. The summed E-state index contributed by atoms with van der Waals surface area (Å²) in [5, 5.41) is 8.39. The van der Waals surface area contributed by atoms with Crippen LogP contribution in [0.3, 0.4) is 0 Å². The summed E-state index contributed by atoms with van der Waals surface area (Å²) in [7, 11) is 0. The monoisotopic (exact) mass is 278 g/mol. The molecule has 0 spiro atoms. The lowest BCUT2D eigenvalue weighted by molar-refractivity contribution is -0.130. The van der Waals surface area contributed by atoms with Crippen molar-refractivity contribution in [2.45, 2.75) is 19.4 Å². The predicted octanol–water partition coefficient (Wildman–Crippen LogP) is 0.260. The zero-order valence-electron chi connectivity index (χ0n) is 10.3. The molecule has 19 heavy (non-hydrogen) atoms. The molecular weight excluding hydrogens is 264 g/mol. The number of nitrogens with one attached hydrogen (secondary N) is 1. The van der Waals surface area contributed by atoms with Gasteiger partial charge in [0.15, 0.2) is 0 Å². The molecule has 2 aromatic heterocycles. The summed E-state index contributed by atoms with van der Waals surface area (Å²) in [5.74, 6) is 0.848. The lowest BCUT2D eigenvalue weighted by Gasteiger charge is -2.19. The third-order valence-electron chi connectivity index (χ3n) is 3.29. The second-order valence-electron chi connectivity index (χ2n) is 4.48. The van der Waals surface area contributed by atoms with Crippen LogP contribution in [0.15, 0.2) is 22.3 Å². The number of carbonyl (C=O) groups excluding carboxylic acids is 1. The Balaban J connectivity index is 1.68. The molecule has 3 heterocycles. The Morgan fingerprint density at radius 2 is 2.32 bits per heavy atom. The van der Waals surface area contributed by atoms with Gasteiger partial charge in [-0.15, -0.1) is 11.3 Å². The second-order valence-corrected chi connectivity index (χ2v) is 5.52. The maximum absolute atomic E-state index is 12.2. The lowest BCUT2D eigenvalue weighted by atomic mass is 10.3. The zero-order valence-corrected chi connectivity index (χ0v) is 11.2. The van der Waals surface area contributed by atoms with E-state index in [-0.39, 0.29) is 11.6 Å². The van der Waals surface area contributed by atoms with Gasteiger partial charge in [-0.2, -0.15) is 5.10 Å². The number of aromatic amines is 1. The quantitative estimate of drug-likeness (QED) is 0.856. The molecule has 0 fully saturated rings. The fraction of sp³-hybridized carbons (Fsp3) is 0.417. The topological polar surface area (TPSA) is 71.0 Å². The minimum Gasteiger partial charge on any atom is -0.340 e. The zero-order chi connectivity index (χ0) is 13.2. The van der Waals surface area contributed by atoms with E-state index in [0.29, 0.717) is 32.5 Å². The summed E-state index contributed by atoms with van der Waals surface area (Å²) in [6.45, 7) is 1.70. The van der Waals surface area contributed by atoms with Gasteiger partial charge in [0.1, 0.15) is 5.82 Å². The molecule has 7 heteroatoms. The highest BCUT2D eigenvalue weighted by Crippen LogP contribution is 2.12. The van der Waals surface area contributed by atoms with Crippen LogP contribution in [0.2, 0.25) is 0 Å². The van der Waals surface area contributed by atoms with Gasteiger partial charge < -0.3 is 4.90 Å². The molecule has 2 aromatic rings. The van der Waals surface area contributed by atoms with Gasteiger partial charge in [-0.1, -0.05) is 6.07 Å². The van der Waals surface area contributed by atoms with Crippen molar-refractivity contribution in [3.05, 3.63) is 38.7 Å². The highest BCUT2D eigenvalue weighted by atomic mass is 32.1. The molecule has 0 unspecified atom stereocenters. The smallest absolute Gasteiger partial charge is 0.340 e. The van der Waals surface area contributed by atoms with Gasteiger partial charge in [-0.05, 0) is 11.4 Å². The van der Waals surface area contributed by atoms with Gasteiger partial charge in [0.25, 0.3) is 0 Å². The molecule has 0 radical (unpaired) electrons. The Kier molecular flexibility index (Phi) is 3.20. The Morgan fingerprint density at radius 1 is 1.42 bits per heavy atom. The average molecular weight is 278 g/mol. The number of H-pyrrole nitrogens is 1. The first-order valence-electron chi connectivity index (χ1n) is 6.18. The first-order chi connectivity index (χ1) is 9.24. The fourth-order valence-electron chi connectivity index (χ4n) is 2.26. The molecule has 0 aromatic carbocycles. The third-order valence-corrected chi connectivity index (χ3v) is 4.17. The van der Waals surface area contributed by atoms with Gasteiger partial charge in [-0.25, -0.2) is 9.89 Å². The molecule has 100 valence electrons. The number of rotatable bonds is 2. The Bertz CT molecular complexity index is 628. The van der Waals surface area contributed by atoms with Crippen molar-refractivity contribution >= 4 is 17.2 Å². The lowest BCUT2D eigenvalue weighted by Crippen LogP contribution is -2.35. The molecule has 1 amide bonds. The van der Waals surface area contributed by atoms with E-state index in [0.717, 1.165) is 10.7 Å². The molecule has 1 aliphatic rings. The molecule has 6 nitrogen and oxygen atoms in total. The molecule has 1 N–H and O–H groups in total. The maximum atomic E-state index is 12.2. The maximum Gasteiger partial charge on any atom is 0.343 e. The van der Waals surface area contributed by atoms with Crippen LogP contribution in [0.1, 0.15) is 10.7 Å². The summed E-state index contributed by atoms with van der Waals surface area (Å²) in [6, 6.07) is 3.92. The number of amides is 1. The number of nitrogens with zero attached hydrogens (tertiary/aromatic N) is 3. The van der Waals surface area contributed by atoms with Crippen molar-refractivity contribution in [2.75, 3.05) is 13.1 Å². The van der Waals surface area contributed by atoms with Gasteiger partial charge >= 0.3 is 5.69 Å². The Hall–Kier alpha value is -1.89. The summed E-state index contributed by atoms with van der Waals surface area (Å²) in [4.78, 5) is 26.6. The van der Waals surface area contributed by atoms with Crippen LogP contribution in [0, 0.1) is 0 Å². The van der Waals surface area contributed by atoms with Crippen molar-refractivity contribution in [1.82, 2.24) is 19.7 Å². The van der Waals surface area contributed by atoms with Gasteiger partial charge in [0.05, 0.1) is 6.42 Å². The third kappa shape index (κ3) is 2.46. The van der Waals surface area contributed by atoms with Crippen molar-refractivity contribution < 1.29 is 4.79 Å². The minimum atomic E-state index is -0.192. The van der Waals surface area contributed by atoms with E-state index in [1.807, 2.05) is 22.4 Å². The standard InChI is InChI=1S/C12H14N4O2S/c17-11(8-9-2-1-7-19-9)15-4-3-10-13-14-12(18)16(10)6-5-15/h1-2,7H,3-6,8H2,(H,14,18). The summed E-state index contributed by atoms with van der Waals surface area (Å²) in [6.07, 6.45) is 1.06. The molecule has 0 atom stereocenters. The van der Waals surface area contributed by atoms with Crippen LogP contribution in [0.5, 0.6) is 0 Å². The highest BCUT2D eigenvalue weighted by molar-refractivity contribution is 7.10. The van der Waals surface area contributed by atoms with E-state index in [2.05, 4.69) is 10.2 Å². The van der Waals surface area contributed by atoms with Crippen LogP contribution in [-0.2, 0) is 24.2 Å². The molecule has 0 bridgehead atoms. The van der Waals surface area contributed by atoms with Crippen molar-refractivity contribution in [3.63, 3.8) is 0 Å². The van der Waals surface area contributed by atoms with Gasteiger partial charge in [-0.3, -0.25) is 9.36 Å². The largest absolute Gasteiger partial charge is 0.343 e. The molecule has 1 aliphatic heterocycles. The van der Waals surface area contributed by atoms with E-state index >= 15 is 0 Å². The van der Waals surface area contributed by atoms with E-state index in [1.54, 1.807) is 15.9 Å². The van der Waals surface area contributed by atoms with Crippen LogP contribution in [0.25, 0.3) is 0 Å². The second kappa shape index (κ2) is 5.00. The SMILES string of the molecule is O=C(Cc1cccs1)N1CCc2n[nH]c(=O)n2CC1. The van der Waals surface area contributed by atoms with E-state index in [1.165, 1.54) is 0 Å². The minimum absolute atomic E-state index is 0.115. The van der Waals surface area contributed by atoms with Gasteiger partial charge in [0.2, 0.25) is 5.91 Å². The molecule has 0 saturated carbocycles.